The molecule has 0 saturated heterocycles. The van der Waals surface area contributed by atoms with Gasteiger partial charge in [0.05, 0.1) is 6.54 Å². The molecule has 3 aromatic rings. The van der Waals surface area contributed by atoms with Crippen molar-refractivity contribution in [3.8, 4) is 0 Å². The fourth-order valence-corrected chi connectivity index (χ4v) is 2.69. The van der Waals surface area contributed by atoms with Crippen LogP contribution in [0.1, 0.15) is 29.8 Å². The van der Waals surface area contributed by atoms with Gasteiger partial charge in [0.1, 0.15) is 11.4 Å². The van der Waals surface area contributed by atoms with E-state index in [1.54, 1.807) is 0 Å². The number of fused-ring (bicyclic) bond motifs is 1. The molecule has 0 radical (unpaired) electrons. The number of nitrogens with zero attached hydrogens (tertiary/aromatic N) is 3. The van der Waals surface area contributed by atoms with Crippen LogP contribution in [0, 0.1) is 6.92 Å². The third-order valence-electron chi connectivity index (χ3n) is 4.10. The van der Waals surface area contributed by atoms with Gasteiger partial charge in [-0.3, -0.25) is 0 Å². The summed E-state index contributed by atoms with van der Waals surface area (Å²) < 4.78 is 7.03. The Bertz CT molecular complexity index is 770. The number of hydrogen-bond donors (Lipinski definition) is 1. The molecule has 1 N–H and O–H groups in total. The van der Waals surface area contributed by atoms with E-state index >= 15 is 0 Å². The van der Waals surface area contributed by atoms with Gasteiger partial charge in [0, 0.05) is 29.7 Å². The first-order valence-electron chi connectivity index (χ1n) is 7.39. The Hall–Kier alpha value is -2.14. The minimum atomic E-state index is 0.694. The highest BCUT2D eigenvalue weighted by Crippen LogP contribution is 2.24. The highest BCUT2D eigenvalue weighted by atomic mass is 16.6. The average Bonchev–Trinajstić information content (AvgIpc) is 3.16. The van der Waals surface area contributed by atoms with Crippen molar-refractivity contribution in [2.75, 3.05) is 0 Å². The Labute approximate surface area is 122 Å². The van der Waals surface area contributed by atoms with Crippen molar-refractivity contribution >= 4 is 10.9 Å². The van der Waals surface area contributed by atoms with E-state index in [0.717, 1.165) is 17.9 Å². The Morgan fingerprint density at radius 3 is 2.90 bits per heavy atom. The predicted octanol–water partition coefficient (Wildman–Crippen LogP) is 2.63. The second-order valence-electron chi connectivity index (χ2n) is 5.75. The van der Waals surface area contributed by atoms with Crippen molar-refractivity contribution in [3.05, 3.63) is 47.4 Å². The molecule has 1 saturated carbocycles. The van der Waals surface area contributed by atoms with Gasteiger partial charge >= 0.3 is 0 Å². The Kier molecular flexibility index (Phi) is 3.00. The van der Waals surface area contributed by atoms with E-state index in [4.69, 9.17) is 4.63 Å². The van der Waals surface area contributed by atoms with Crippen molar-refractivity contribution < 1.29 is 4.63 Å². The van der Waals surface area contributed by atoms with Crippen LogP contribution in [0.2, 0.25) is 0 Å². The molecule has 0 spiro atoms. The SMILES string of the molecule is Cc1nonc1Cn1cc(CNC2CC2)c2ccccc21. The van der Waals surface area contributed by atoms with Gasteiger partial charge in [0.25, 0.3) is 0 Å². The van der Waals surface area contributed by atoms with Crippen molar-refractivity contribution in [1.82, 2.24) is 20.2 Å². The van der Waals surface area contributed by atoms with Gasteiger partial charge in [0.2, 0.25) is 0 Å². The van der Waals surface area contributed by atoms with E-state index in [1.165, 1.54) is 29.3 Å². The monoisotopic (exact) mass is 282 g/mol. The summed E-state index contributed by atoms with van der Waals surface area (Å²) in [6.45, 7) is 3.54. The third kappa shape index (κ3) is 2.45. The summed E-state index contributed by atoms with van der Waals surface area (Å²) in [4.78, 5) is 0. The van der Waals surface area contributed by atoms with Crippen LogP contribution < -0.4 is 5.32 Å². The van der Waals surface area contributed by atoms with E-state index in [0.29, 0.717) is 12.6 Å². The molecule has 1 fully saturated rings. The maximum absolute atomic E-state index is 4.80. The number of para-hydroxylation sites is 1. The van der Waals surface area contributed by atoms with E-state index in [-0.39, 0.29) is 0 Å². The lowest BCUT2D eigenvalue weighted by Gasteiger charge is -2.02. The molecule has 5 heteroatoms. The van der Waals surface area contributed by atoms with E-state index < -0.39 is 0 Å². The van der Waals surface area contributed by atoms with Crippen LogP contribution in [0.15, 0.2) is 35.1 Å². The van der Waals surface area contributed by atoms with Crippen molar-refractivity contribution in [2.45, 2.75) is 38.9 Å². The van der Waals surface area contributed by atoms with E-state index in [9.17, 15) is 0 Å². The first-order valence-corrected chi connectivity index (χ1v) is 7.39. The zero-order valence-electron chi connectivity index (χ0n) is 12.0. The lowest BCUT2D eigenvalue weighted by molar-refractivity contribution is 0.300. The molecule has 108 valence electrons. The van der Waals surface area contributed by atoms with Gasteiger partial charge in [-0.2, -0.15) is 0 Å². The molecule has 5 nitrogen and oxygen atoms in total. The Morgan fingerprint density at radius 2 is 2.14 bits per heavy atom. The zero-order chi connectivity index (χ0) is 14.2. The molecular formula is C16H18N4O. The minimum absolute atomic E-state index is 0.694. The van der Waals surface area contributed by atoms with E-state index in [2.05, 4.69) is 50.7 Å². The standard InChI is InChI=1S/C16H18N4O/c1-11-15(19-21-18-11)10-20-9-12(8-17-13-6-7-13)14-4-2-3-5-16(14)20/h2-5,9,13,17H,6-8,10H2,1H3. The first kappa shape index (κ1) is 12.6. The maximum atomic E-state index is 4.80. The van der Waals surface area contributed by atoms with Crippen LogP contribution in [0.3, 0.4) is 0 Å². The molecule has 1 aliphatic rings. The van der Waals surface area contributed by atoms with Crippen LogP contribution in [-0.4, -0.2) is 20.9 Å². The van der Waals surface area contributed by atoms with Crippen molar-refractivity contribution in [2.24, 2.45) is 0 Å². The summed E-state index contributed by atoms with van der Waals surface area (Å²) >= 11 is 0. The Morgan fingerprint density at radius 1 is 1.29 bits per heavy atom. The summed E-state index contributed by atoms with van der Waals surface area (Å²) in [5, 5.41) is 12.7. The highest BCUT2D eigenvalue weighted by Gasteiger charge is 2.21. The van der Waals surface area contributed by atoms with Crippen LogP contribution in [-0.2, 0) is 13.1 Å². The van der Waals surface area contributed by atoms with Crippen molar-refractivity contribution in [1.29, 1.82) is 0 Å². The number of nitrogens with one attached hydrogen (secondary N) is 1. The molecule has 2 aromatic heterocycles. The highest BCUT2D eigenvalue weighted by molar-refractivity contribution is 5.84. The van der Waals surface area contributed by atoms with Gasteiger partial charge in [-0.05, 0) is 31.4 Å². The predicted molar refractivity (Wildman–Crippen MR) is 79.9 cm³/mol. The number of benzene rings is 1. The molecule has 4 rings (SSSR count). The molecule has 21 heavy (non-hydrogen) atoms. The summed E-state index contributed by atoms with van der Waals surface area (Å²) in [5.41, 5.74) is 4.31. The number of hydrogen-bond acceptors (Lipinski definition) is 4. The smallest absolute Gasteiger partial charge is 0.127 e. The van der Waals surface area contributed by atoms with Gasteiger partial charge in [0.15, 0.2) is 0 Å². The maximum Gasteiger partial charge on any atom is 0.127 e. The van der Waals surface area contributed by atoms with Crippen LogP contribution in [0.5, 0.6) is 0 Å². The quantitative estimate of drug-likeness (QED) is 0.781. The lowest BCUT2D eigenvalue weighted by atomic mass is 10.2. The van der Waals surface area contributed by atoms with Gasteiger partial charge in [-0.1, -0.05) is 28.5 Å². The normalized spacial score (nSPS) is 14.9. The average molecular weight is 282 g/mol. The Balaban J connectivity index is 1.68. The molecule has 1 aliphatic carbocycles. The fourth-order valence-electron chi connectivity index (χ4n) is 2.69. The lowest BCUT2D eigenvalue weighted by Crippen LogP contribution is -2.14. The summed E-state index contributed by atoms with van der Waals surface area (Å²) in [6, 6.07) is 9.22. The van der Waals surface area contributed by atoms with E-state index in [1.807, 2.05) is 6.92 Å². The topological polar surface area (TPSA) is 55.9 Å². The van der Waals surface area contributed by atoms with Crippen LogP contribution in [0.4, 0.5) is 0 Å². The number of aromatic nitrogens is 3. The van der Waals surface area contributed by atoms with Crippen LogP contribution in [0.25, 0.3) is 10.9 Å². The summed E-state index contributed by atoms with van der Waals surface area (Å²) in [7, 11) is 0. The van der Waals surface area contributed by atoms with Crippen molar-refractivity contribution in [3.63, 3.8) is 0 Å². The molecule has 0 aliphatic heterocycles. The van der Waals surface area contributed by atoms with Crippen LogP contribution >= 0.6 is 0 Å². The molecule has 2 heterocycles. The largest absolute Gasteiger partial charge is 0.341 e. The molecule has 0 amide bonds. The summed E-state index contributed by atoms with van der Waals surface area (Å²) in [6.07, 6.45) is 4.83. The number of aryl methyl sites for hydroxylation is 1. The van der Waals surface area contributed by atoms with Gasteiger partial charge < -0.3 is 9.88 Å². The second kappa shape index (κ2) is 5.00. The van der Waals surface area contributed by atoms with Gasteiger partial charge in [-0.25, -0.2) is 4.63 Å². The zero-order valence-corrected chi connectivity index (χ0v) is 12.0. The first-order chi connectivity index (χ1) is 10.3. The molecule has 0 unspecified atom stereocenters. The molecular weight excluding hydrogens is 264 g/mol. The van der Waals surface area contributed by atoms with Gasteiger partial charge in [-0.15, -0.1) is 0 Å². The third-order valence-corrected chi connectivity index (χ3v) is 4.10. The second-order valence-corrected chi connectivity index (χ2v) is 5.75. The molecule has 0 atom stereocenters. The summed E-state index contributed by atoms with van der Waals surface area (Å²) in [5.74, 6) is 0. The molecule has 1 aromatic carbocycles. The number of rotatable bonds is 5. The fraction of sp³-hybridized carbons (Fsp3) is 0.375. The molecule has 0 bridgehead atoms. The minimum Gasteiger partial charge on any atom is -0.341 e.